The standard InChI is InChI=1S/C15H19N3O2/c1-20-15-13(16)7-8-14(18-15)17-12(10-19)9-11-5-3-2-4-6-11/h2-8,12,19H,9-10,16H2,1H3,(H,17,18). The average Bonchev–Trinajstić information content (AvgIpc) is 2.49. The Hall–Kier alpha value is -2.27. The minimum atomic E-state index is -0.113. The number of nitrogens with zero attached hydrogens (tertiary/aromatic N) is 1. The minimum Gasteiger partial charge on any atom is -0.479 e. The first kappa shape index (κ1) is 14.1. The second-order valence-electron chi connectivity index (χ2n) is 4.51. The van der Waals surface area contributed by atoms with E-state index in [0.29, 0.717) is 23.8 Å². The number of pyridine rings is 1. The summed E-state index contributed by atoms with van der Waals surface area (Å²) >= 11 is 0. The molecular formula is C15H19N3O2. The Balaban J connectivity index is 2.06. The van der Waals surface area contributed by atoms with Gasteiger partial charge in [-0.3, -0.25) is 0 Å². The quantitative estimate of drug-likeness (QED) is 0.746. The molecular weight excluding hydrogens is 254 g/mol. The molecule has 0 aliphatic rings. The van der Waals surface area contributed by atoms with Crippen molar-refractivity contribution in [2.75, 3.05) is 24.8 Å². The van der Waals surface area contributed by atoms with Gasteiger partial charge in [0.05, 0.1) is 25.4 Å². The third-order valence-corrected chi connectivity index (χ3v) is 2.98. The lowest BCUT2D eigenvalue weighted by molar-refractivity contribution is 0.273. The van der Waals surface area contributed by atoms with Gasteiger partial charge in [0.25, 0.3) is 0 Å². The summed E-state index contributed by atoms with van der Waals surface area (Å²) in [7, 11) is 1.52. The summed E-state index contributed by atoms with van der Waals surface area (Å²) < 4.78 is 5.08. The van der Waals surface area contributed by atoms with Crippen molar-refractivity contribution < 1.29 is 9.84 Å². The van der Waals surface area contributed by atoms with Crippen molar-refractivity contribution in [3.63, 3.8) is 0 Å². The maximum atomic E-state index is 9.48. The number of nitrogens with one attached hydrogen (secondary N) is 1. The number of benzene rings is 1. The third-order valence-electron chi connectivity index (χ3n) is 2.98. The second kappa shape index (κ2) is 6.77. The molecule has 2 aromatic rings. The summed E-state index contributed by atoms with van der Waals surface area (Å²) in [6.07, 6.45) is 0.714. The fourth-order valence-electron chi connectivity index (χ4n) is 1.96. The van der Waals surface area contributed by atoms with Gasteiger partial charge in [-0.1, -0.05) is 30.3 Å². The molecule has 1 unspecified atom stereocenters. The van der Waals surface area contributed by atoms with Crippen LogP contribution in [-0.4, -0.2) is 29.8 Å². The Kier molecular flexibility index (Phi) is 4.79. The van der Waals surface area contributed by atoms with Crippen LogP contribution in [0.5, 0.6) is 5.88 Å². The Bertz CT molecular complexity index is 546. The Labute approximate surface area is 118 Å². The number of nitrogens with two attached hydrogens (primary N) is 1. The van der Waals surface area contributed by atoms with Crippen molar-refractivity contribution in [3.05, 3.63) is 48.0 Å². The maximum absolute atomic E-state index is 9.48. The number of methoxy groups -OCH3 is 1. The normalized spacial score (nSPS) is 11.9. The molecule has 0 bridgehead atoms. The van der Waals surface area contributed by atoms with E-state index in [1.54, 1.807) is 12.1 Å². The van der Waals surface area contributed by atoms with E-state index < -0.39 is 0 Å². The Morgan fingerprint density at radius 2 is 2.00 bits per heavy atom. The summed E-state index contributed by atoms with van der Waals surface area (Å²) in [6, 6.07) is 13.4. The van der Waals surface area contributed by atoms with Gasteiger partial charge in [-0.05, 0) is 24.1 Å². The van der Waals surface area contributed by atoms with Gasteiger partial charge in [0, 0.05) is 0 Å². The van der Waals surface area contributed by atoms with Crippen LogP contribution >= 0.6 is 0 Å². The van der Waals surface area contributed by atoms with Gasteiger partial charge in [-0.15, -0.1) is 0 Å². The minimum absolute atomic E-state index is 0.0171. The van der Waals surface area contributed by atoms with E-state index in [4.69, 9.17) is 10.5 Å². The molecule has 1 aromatic heterocycles. The number of nitrogen functional groups attached to an aromatic ring is 1. The van der Waals surface area contributed by atoms with Crippen LogP contribution < -0.4 is 15.8 Å². The van der Waals surface area contributed by atoms with Gasteiger partial charge in [0.15, 0.2) is 0 Å². The maximum Gasteiger partial charge on any atom is 0.238 e. The van der Waals surface area contributed by atoms with Crippen LogP contribution in [0.15, 0.2) is 42.5 Å². The zero-order chi connectivity index (χ0) is 14.4. The van der Waals surface area contributed by atoms with Gasteiger partial charge in [-0.25, -0.2) is 0 Å². The van der Waals surface area contributed by atoms with Gasteiger partial charge in [-0.2, -0.15) is 4.98 Å². The van der Waals surface area contributed by atoms with Crippen LogP contribution in [0.1, 0.15) is 5.56 Å². The van der Waals surface area contributed by atoms with E-state index in [9.17, 15) is 5.11 Å². The summed E-state index contributed by atoms with van der Waals surface area (Å²) in [5.74, 6) is 1.01. The molecule has 4 N–H and O–H groups in total. The fourth-order valence-corrected chi connectivity index (χ4v) is 1.96. The zero-order valence-corrected chi connectivity index (χ0v) is 11.4. The van der Waals surface area contributed by atoms with Crippen LogP contribution in [0.25, 0.3) is 0 Å². The molecule has 0 fully saturated rings. The first-order chi connectivity index (χ1) is 9.72. The molecule has 1 atom stereocenters. The number of aliphatic hydroxyl groups excluding tert-OH is 1. The highest BCUT2D eigenvalue weighted by Crippen LogP contribution is 2.20. The SMILES string of the molecule is COc1nc(NC(CO)Cc2ccccc2)ccc1N. The smallest absolute Gasteiger partial charge is 0.238 e. The van der Waals surface area contributed by atoms with E-state index in [1.165, 1.54) is 7.11 Å². The summed E-state index contributed by atoms with van der Waals surface area (Å²) in [4.78, 5) is 4.25. The molecule has 5 heteroatoms. The Morgan fingerprint density at radius 3 is 2.65 bits per heavy atom. The van der Waals surface area contributed by atoms with Gasteiger partial charge >= 0.3 is 0 Å². The van der Waals surface area contributed by atoms with Crippen LogP contribution in [0.4, 0.5) is 11.5 Å². The molecule has 5 nitrogen and oxygen atoms in total. The van der Waals surface area contributed by atoms with Crippen molar-refractivity contribution in [2.45, 2.75) is 12.5 Å². The second-order valence-corrected chi connectivity index (χ2v) is 4.51. The highest BCUT2D eigenvalue weighted by molar-refractivity contribution is 5.53. The molecule has 2 rings (SSSR count). The highest BCUT2D eigenvalue weighted by atomic mass is 16.5. The van der Waals surface area contributed by atoms with E-state index in [1.807, 2.05) is 30.3 Å². The van der Waals surface area contributed by atoms with Crippen molar-refractivity contribution >= 4 is 11.5 Å². The highest BCUT2D eigenvalue weighted by Gasteiger charge is 2.10. The molecule has 0 aliphatic carbocycles. The zero-order valence-electron chi connectivity index (χ0n) is 11.4. The van der Waals surface area contributed by atoms with Crippen molar-refractivity contribution in [2.24, 2.45) is 0 Å². The van der Waals surface area contributed by atoms with Gasteiger partial charge in [0.1, 0.15) is 5.82 Å². The van der Waals surface area contributed by atoms with E-state index in [2.05, 4.69) is 10.3 Å². The Morgan fingerprint density at radius 1 is 1.25 bits per heavy atom. The van der Waals surface area contributed by atoms with Crippen LogP contribution in [0.2, 0.25) is 0 Å². The lowest BCUT2D eigenvalue weighted by Gasteiger charge is -2.17. The van der Waals surface area contributed by atoms with Crippen LogP contribution in [-0.2, 0) is 6.42 Å². The fraction of sp³-hybridized carbons (Fsp3) is 0.267. The van der Waals surface area contributed by atoms with Crippen molar-refractivity contribution in [1.29, 1.82) is 0 Å². The van der Waals surface area contributed by atoms with E-state index >= 15 is 0 Å². The molecule has 1 aromatic carbocycles. The van der Waals surface area contributed by atoms with Crippen LogP contribution in [0.3, 0.4) is 0 Å². The van der Waals surface area contributed by atoms with Gasteiger partial charge in [0.2, 0.25) is 5.88 Å². The summed E-state index contributed by atoms with van der Waals surface area (Å²) in [6.45, 7) is 0.0171. The summed E-state index contributed by atoms with van der Waals surface area (Å²) in [5.41, 5.74) is 7.36. The average molecular weight is 273 g/mol. The number of hydrogen-bond acceptors (Lipinski definition) is 5. The van der Waals surface area contributed by atoms with E-state index in [0.717, 1.165) is 5.56 Å². The molecule has 0 radical (unpaired) electrons. The van der Waals surface area contributed by atoms with Crippen molar-refractivity contribution in [3.8, 4) is 5.88 Å². The molecule has 0 spiro atoms. The number of ether oxygens (including phenoxy) is 1. The predicted molar refractivity (Wildman–Crippen MR) is 79.8 cm³/mol. The lowest BCUT2D eigenvalue weighted by atomic mass is 10.1. The number of aliphatic hydroxyl groups is 1. The lowest BCUT2D eigenvalue weighted by Crippen LogP contribution is -2.26. The summed E-state index contributed by atoms with van der Waals surface area (Å²) in [5, 5.41) is 12.7. The number of hydrogen-bond donors (Lipinski definition) is 3. The first-order valence-corrected chi connectivity index (χ1v) is 6.44. The molecule has 0 amide bonds. The van der Waals surface area contributed by atoms with Gasteiger partial charge < -0.3 is 20.9 Å². The number of aromatic nitrogens is 1. The molecule has 20 heavy (non-hydrogen) atoms. The van der Waals surface area contributed by atoms with Crippen LogP contribution in [0, 0.1) is 0 Å². The first-order valence-electron chi connectivity index (χ1n) is 6.44. The van der Waals surface area contributed by atoms with E-state index in [-0.39, 0.29) is 12.6 Å². The number of rotatable bonds is 6. The molecule has 1 heterocycles. The predicted octanol–water partition coefficient (Wildman–Crippen LogP) is 1.69. The molecule has 0 aliphatic heterocycles. The molecule has 106 valence electrons. The largest absolute Gasteiger partial charge is 0.479 e. The third kappa shape index (κ3) is 3.61. The van der Waals surface area contributed by atoms with Crippen molar-refractivity contribution in [1.82, 2.24) is 4.98 Å². The topological polar surface area (TPSA) is 80.4 Å². The number of anilines is 2. The molecule has 0 saturated carbocycles. The monoisotopic (exact) mass is 273 g/mol. The molecule has 0 saturated heterocycles.